The van der Waals surface area contributed by atoms with E-state index in [0.717, 1.165) is 30.4 Å². The van der Waals surface area contributed by atoms with E-state index in [4.69, 9.17) is 27.9 Å². The molecule has 1 heterocycles. The Hall–Kier alpha value is -0.290. The quantitative estimate of drug-likeness (QED) is 0.793. The van der Waals surface area contributed by atoms with Crippen molar-refractivity contribution in [3.63, 3.8) is 0 Å². The first kappa shape index (κ1) is 17.1. The third kappa shape index (κ3) is 4.13. The smallest absolute Gasteiger partial charge is 0.341 e. The van der Waals surface area contributed by atoms with E-state index in [9.17, 15) is 4.79 Å². The number of hydrogen-bond donors (Lipinski definition) is 1. The van der Waals surface area contributed by atoms with Gasteiger partial charge in [0.15, 0.2) is 0 Å². The van der Waals surface area contributed by atoms with Crippen LogP contribution in [-0.4, -0.2) is 24.7 Å². The number of carbonyl (C=O) groups excluding carboxylic acids is 1. The molecule has 0 atom stereocenters. The molecule has 0 aliphatic carbocycles. The van der Waals surface area contributed by atoms with Crippen LogP contribution in [-0.2, 0) is 4.74 Å². The molecule has 1 aromatic carbocycles. The highest BCUT2D eigenvalue weighted by molar-refractivity contribution is 9.10. The third-order valence-corrected chi connectivity index (χ3v) is 5.04. The summed E-state index contributed by atoms with van der Waals surface area (Å²) in [6.07, 6.45) is 2.09. The maximum Gasteiger partial charge on any atom is 0.341 e. The number of nitrogens with two attached hydrogens (primary N) is 1. The predicted molar refractivity (Wildman–Crippen MR) is 88.0 cm³/mol. The largest absolute Gasteiger partial charge is 0.456 e. The van der Waals surface area contributed by atoms with Crippen LogP contribution in [0.1, 0.15) is 37.0 Å². The molecule has 1 aliphatic heterocycles. The predicted octanol–water partition coefficient (Wildman–Crippen LogP) is 3.66. The van der Waals surface area contributed by atoms with E-state index in [0.29, 0.717) is 16.0 Å². The molecule has 6 heteroatoms. The second-order valence-corrected chi connectivity index (χ2v) is 7.61. The number of ether oxygens (including phenoxy) is 1. The number of piperidine rings is 1. The lowest BCUT2D eigenvalue weighted by Gasteiger charge is -2.35. The fourth-order valence-electron chi connectivity index (χ4n) is 2.73. The van der Waals surface area contributed by atoms with Gasteiger partial charge in [-0.1, -0.05) is 39.1 Å². The second-order valence-electron chi connectivity index (χ2n) is 5.88. The van der Waals surface area contributed by atoms with Crippen LogP contribution in [0.3, 0.4) is 0 Å². The van der Waals surface area contributed by atoms with Crippen molar-refractivity contribution in [1.29, 1.82) is 0 Å². The van der Waals surface area contributed by atoms with Gasteiger partial charge < -0.3 is 10.1 Å². The summed E-state index contributed by atoms with van der Waals surface area (Å²) in [7, 11) is 0. The van der Waals surface area contributed by atoms with Gasteiger partial charge in [0.1, 0.15) is 5.60 Å². The first-order chi connectivity index (χ1) is 9.81. The van der Waals surface area contributed by atoms with Crippen molar-refractivity contribution in [2.75, 3.05) is 13.1 Å². The SMILES string of the molecule is CC(C)(OC(=O)c1c(Cl)cc(Br)cc1Cl)C1CC[NH2+]CC1. The van der Waals surface area contributed by atoms with Crippen LogP contribution >= 0.6 is 39.1 Å². The normalized spacial score (nSPS) is 16.8. The van der Waals surface area contributed by atoms with Crippen LogP contribution in [0, 0.1) is 5.92 Å². The molecule has 0 saturated carbocycles. The van der Waals surface area contributed by atoms with Crippen LogP contribution < -0.4 is 5.32 Å². The molecule has 3 nitrogen and oxygen atoms in total. The van der Waals surface area contributed by atoms with E-state index >= 15 is 0 Å². The van der Waals surface area contributed by atoms with E-state index < -0.39 is 11.6 Å². The van der Waals surface area contributed by atoms with Crippen LogP contribution in [0.2, 0.25) is 10.0 Å². The minimum atomic E-state index is -0.523. The van der Waals surface area contributed by atoms with Gasteiger partial charge in [0.2, 0.25) is 0 Å². The zero-order valence-electron chi connectivity index (χ0n) is 12.1. The van der Waals surface area contributed by atoms with Crippen LogP contribution in [0.5, 0.6) is 0 Å². The van der Waals surface area contributed by atoms with Gasteiger partial charge in [-0.25, -0.2) is 4.79 Å². The zero-order valence-corrected chi connectivity index (χ0v) is 15.2. The van der Waals surface area contributed by atoms with E-state index in [-0.39, 0.29) is 5.56 Å². The summed E-state index contributed by atoms with van der Waals surface area (Å²) < 4.78 is 6.46. The fourth-order valence-corrected chi connectivity index (χ4v) is 4.10. The Kier molecular flexibility index (Phi) is 5.58. The highest BCUT2D eigenvalue weighted by atomic mass is 79.9. The molecule has 1 aromatic rings. The third-order valence-electron chi connectivity index (χ3n) is 3.99. The van der Waals surface area contributed by atoms with Crippen LogP contribution in [0.25, 0.3) is 0 Å². The molecule has 1 aliphatic rings. The van der Waals surface area contributed by atoms with E-state index in [2.05, 4.69) is 21.2 Å². The molecule has 0 radical (unpaired) electrons. The summed E-state index contributed by atoms with van der Waals surface area (Å²) in [5.41, 5.74) is -0.289. The number of carbonyl (C=O) groups is 1. The average Bonchev–Trinajstić information content (AvgIpc) is 2.37. The van der Waals surface area contributed by atoms with Crippen LogP contribution in [0.15, 0.2) is 16.6 Å². The van der Waals surface area contributed by atoms with Gasteiger partial charge in [0.05, 0.1) is 28.7 Å². The number of esters is 1. The molecule has 2 rings (SSSR count). The van der Waals surface area contributed by atoms with Crippen molar-refractivity contribution in [1.82, 2.24) is 0 Å². The summed E-state index contributed by atoms with van der Waals surface area (Å²) >= 11 is 15.5. The van der Waals surface area contributed by atoms with Crippen molar-refractivity contribution in [3.8, 4) is 0 Å². The molecule has 0 unspecified atom stereocenters. The Morgan fingerprint density at radius 3 is 2.33 bits per heavy atom. The number of hydrogen-bond acceptors (Lipinski definition) is 2. The molecule has 1 fully saturated rings. The van der Waals surface area contributed by atoms with Gasteiger partial charge >= 0.3 is 5.97 Å². The molecular weight excluding hydrogens is 377 g/mol. The lowest BCUT2D eigenvalue weighted by atomic mass is 9.83. The van der Waals surface area contributed by atoms with Gasteiger partial charge in [-0.05, 0) is 26.0 Å². The number of rotatable bonds is 3. The maximum atomic E-state index is 12.4. The summed E-state index contributed by atoms with van der Waals surface area (Å²) in [6.45, 7) is 6.07. The number of halogens is 3. The van der Waals surface area contributed by atoms with E-state index in [1.807, 2.05) is 13.8 Å². The van der Waals surface area contributed by atoms with Crippen molar-refractivity contribution >= 4 is 45.1 Å². The molecule has 1 saturated heterocycles. The number of benzene rings is 1. The van der Waals surface area contributed by atoms with Gasteiger partial charge in [-0.3, -0.25) is 0 Å². The Morgan fingerprint density at radius 2 is 1.81 bits per heavy atom. The van der Waals surface area contributed by atoms with Gasteiger partial charge in [-0.2, -0.15) is 0 Å². The fraction of sp³-hybridized carbons (Fsp3) is 0.533. The lowest BCUT2D eigenvalue weighted by molar-refractivity contribution is -0.665. The second kappa shape index (κ2) is 6.86. The molecular formula is C15H19BrCl2NO2+. The van der Waals surface area contributed by atoms with Gasteiger partial charge in [0.25, 0.3) is 0 Å². The summed E-state index contributed by atoms with van der Waals surface area (Å²) in [5, 5.41) is 2.89. The Bertz CT molecular complexity index is 519. The van der Waals surface area contributed by atoms with Crippen molar-refractivity contribution in [2.24, 2.45) is 5.92 Å². The van der Waals surface area contributed by atoms with Crippen LogP contribution in [0.4, 0.5) is 0 Å². The molecule has 116 valence electrons. The van der Waals surface area contributed by atoms with E-state index in [1.54, 1.807) is 12.1 Å². The van der Waals surface area contributed by atoms with Gasteiger partial charge in [0, 0.05) is 23.2 Å². The molecule has 0 amide bonds. The molecule has 0 aromatic heterocycles. The Morgan fingerprint density at radius 1 is 1.29 bits per heavy atom. The highest BCUT2D eigenvalue weighted by Gasteiger charge is 2.36. The summed E-state index contributed by atoms with van der Waals surface area (Å²) in [5.74, 6) is -0.100. The molecule has 0 bridgehead atoms. The highest BCUT2D eigenvalue weighted by Crippen LogP contribution is 2.33. The summed E-state index contributed by atoms with van der Waals surface area (Å²) in [4.78, 5) is 12.4. The molecule has 0 spiro atoms. The maximum absolute atomic E-state index is 12.4. The summed E-state index contributed by atoms with van der Waals surface area (Å²) in [6, 6.07) is 3.29. The first-order valence-corrected chi connectivity index (χ1v) is 8.55. The average molecular weight is 396 g/mol. The minimum absolute atomic E-state index is 0.233. The van der Waals surface area contributed by atoms with Gasteiger partial charge in [-0.15, -0.1) is 0 Å². The monoisotopic (exact) mass is 394 g/mol. The standard InChI is InChI=1S/C15H18BrCl2NO2/c1-15(2,9-3-5-19-6-4-9)21-14(20)13-11(17)7-10(16)8-12(13)18/h7-9,19H,3-6H2,1-2H3/p+1. The van der Waals surface area contributed by atoms with E-state index in [1.165, 1.54) is 0 Å². The number of quaternary nitrogens is 1. The molecule has 2 N–H and O–H groups in total. The van der Waals surface area contributed by atoms with Crippen molar-refractivity contribution in [2.45, 2.75) is 32.3 Å². The topological polar surface area (TPSA) is 42.9 Å². The lowest BCUT2D eigenvalue weighted by Crippen LogP contribution is -2.86. The Balaban J connectivity index is 2.17. The first-order valence-electron chi connectivity index (χ1n) is 7.01. The molecule has 21 heavy (non-hydrogen) atoms. The zero-order chi connectivity index (χ0) is 15.6. The van der Waals surface area contributed by atoms with Crippen molar-refractivity contribution in [3.05, 3.63) is 32.2 Å². The Labute approximate surface area is 143 Å². The minimum Gasteiger partial charge on any atom is -0.456 e. The van der Waals surface area contributed by atoms with Crippen molar-refractivity contribution < 1.29 is 14.8 Å².